The van der Waals surface area contributed by atoms with Crippen molar-refractivity contribution < 1.29 is 19.5 Å². The Balaban J connectivity index is 1.67. The summed E-state index contributed by atoms with van der Waals surface area (Å²) in [5, 5.41) is 10.6. The van der Waals surface area contributed by atoms with Crippen molar-refractivity contribution in [1.29, 1.82) is 0 Å². The molecule has 0 aromatic heterocycles. The lowest BCUT2D eigenvalue weighted by atomic mass is 9.44. The molecule has 0 spiro atoms. The van der Waals surface area contributed by atoms with Gasteiger partial charge in [0.2, 0.25) is 0 Å². The first kappa shape index (κ1) is 17.4. The van der Waals surface area contributed by atoms with Crippen LogP contribution in [0, 0.1) is 40.4 Å². The van der Waals surface area contributed by atoms with Crippen molar-refractivity contribution in [1.82, 2.24) is 0 Å². The lowest BCUT2D eigenvalue weighted by molar-refractivity contribution is -0.155. The monoisotopic (exact) mass is 346 g/mol. The van der Waals surface area contributed by atoms with E-state index in [1.54, 1.807) is 6.92 Å². The molecule has 0 heterocycles. The highest BCUT2D eigenvalue weighted by Crippen LogP contribution is 2.67. The second kappa shape index (κ2) is 5.48. The van der Waals surface area contributed by atoms with Gasteiger partial charge >= 0.3 is 0 Å². The number of hydrogen-bond acceptors (Lipinski definition) is 4. The van der Waals surface area contributed by atoms with Crippen LogP contribution in [0.1, 0.15) is 65.7 Å². The second-order valence-corrected chi connectivity index (χ2v) is 9.82. The van der Waals surface area contributed by atoms with Crippen molar-refractivity contribution in [2.45, 2.75) is 71.8 Å². The highest BCUT2D eigenvalue weighted by Gasteiger charge is 2.63. The molecule has 1 N–H and O–H groups in total. The SMILES string of the molecule is CC(=O)[C@H]1C(O)C[C@H]2[C@@H]3CCC4CC(=O)C(=O)C[C@]4(C)[C@H]3CC[C@]12C. The Kier molecular flexibility index (Phi) is 3.81. The first-order valence-electron chi connectivity index (χ1n) is 9.93. The van der Waals surface area contributed by atoms with Gasteiger partial charge in [-0.25, -0.2) is 0 Å². The minimum Gasteiger partial charge on any atom is -0.392 e. The molecule has 138 valence electrons. The number of fused-ring (bicyclic) bond motifs is 5. The topological polar surface area (TPSA) is 71.4 Å². The van der Waals surface area contributed by atoms with Crippen LogP contribution in [0.25, 0.3) is 0 Å². The summed E-state index contributed by atoms with van der Waals surface area (Å²) in [5.74, 6) is 1.14. The fourth-order valence-corrected chi connectivity index (χ4v) is 7.68. The van der Waals surface area contributed by atoms with Crippen LogP contribution in [-0.2, 0) is 14.4 Å². The number of aliphatic hydroxyl groups is 1. The number of rotatable bonds is 1. The number of carbonyl (C=O) groups is 3. The molecule has 4 aliphatic rings. The molecule has 0 bridgehead atoms. The van der Waals surface area contributed by atoms with Gasteiger partial charge < -0.3 is 5.11 Å². The first-order chi connectivity index (χ1) is 11.7. The van der Waals surface area contributed by atoms with Gasteiger partial charge in [0.05, 0.1) is 6.10 Å². The summed E-state index contributed by atoms with van der Waals surface area (Å²) in [6, 6.07) is 0. The molecule has 8 atom stereocenters. The highest BCUT2D eigenvalue weighted by molar-refractivity contribution is 6.38. The van der Waals surface area contributed by atoms with Crippen LogP contribution < -0.4 is 0 Å². The number of carbonyl (C=O) groups excluding carboxylic acids is 3. The summed E-state index contributed by atoms with van der Waals surface area (Å²) in [5.41, 5.74) is -0.182. The number of aliphatic hydroxyl groups excluding tert-OH is 1. The van der Waals surface area contributed by atoms with Gasteiger partial charge in [0.15, 0.2) is 11.6 Å². The molecule has 4 heteroatoms. The van der Waals surface area contributed by atoms with Gasteiger partial charge in [-0.3, -0.25) is 14.4 Å². The van der Waals surface area contributed by atoms with Crippen LogP contribution in [0.4, 0.5) is 0 Å². The van der Waals surface area contributed by atoms with Crippen LogP contribution in [-0.4, -0.2) is 28.6 Å². The van der Waals surface area contributed by atoms with E-state index in [1.807, 2.05) is 0 Å². The molecule has 0 radical (unpaired) electrons. The second-order valence-electron chi connectivity index (χ2n) is 9.82. The third-order valence-corrected chi connectivity index (χ3v) is 8.82. The lowest BCUT2D eigenvalue weighted by Crippen LogP contribution is -2.55. The van der Waals surface area contributed by atoms with Crippen LogP contribution in [0.15, 0.2) is 0 Å². The zero-order chi connectivity index (χ0) is 18.1. The molecule has 4 aliphatic carbocycles. The Morgan fingerprint density at radius 1 is 1.04 bits per heavy atom. The molecule has 0 aromatic rings. The maximum atomic E-state index is 12.2. The molecule has 0 saturated heterocycles. The average Bonchev–Trinajstić information content (AvgIpc) is 2.79. The molecule has 2 unspecified atom stereocenters. The van der Waals surface area contributed by atoms with Crippen LogP contribution in [0.3, 0.4) is 0 Å². The van der Waals surface area contributed by atoms with Gasteiger partial charge in [-0.15, -0.1) is 0 Å². The lowest BCUT2D eigenvalue weighted by Gasteiger charge is -2.59. The standard InChI is InChI=1S/C21H30O4/c1-11(22)19-17(24)9-15-13-5-4-12-8-16(23)18(25)10-21(12,3)14(13)6-7-20(15,19)2/h12-15,17,19,24H,4-10H2,1-3H3/t12?,13-,14+,15+,17?,19+,20+,21+/m1/s1. The normalized spacial score (nSPS) is 52.3. The largest absolute Gasteiger partial charge is 0.392 e. The van der Waals surface area contributed by atoms with E-state index >= 15 is 0 Å². The van der Waals surface area contributed by atoms with E-state index < -0.39 is 6.10 Å². The highest BCUT2D eigenvalue weighted by atomic mass is 16.3. The number of ketones is 3. The quantitative estimate of drug-likeness (QED) is 0.741. The number of hydrogen-bond donors (Lipinski definition) is 1. The van der Waals surface area contributed by atoms with Gasteiger partial charge in [0.25, 0.3) is 0 Å². The molecule has 4 fully saturated rings. The zero-order valence-corrected chi connectivity index (χ0v) is 15.6. The van der Waals surface area contributed by atoms with E-state index in [4.69, 9.17) is 0 Å². The van der Waals surface area contributed by atoms with Crippen molar-refractivity contribution in [3.63, 3.8) is 0 Å². The molecule has 4 saturated carbocycles. The summed E-state index contributed by atoms with van der Waals surface area (Å²) >= 11 is 0. The maximum absolute atomic E-state index is 12.2. The molecule has 25 heavy (non-hydrogen) atoms. The van der Waals surface area contributed by atoms with Gasteiger partial charge in [0, 0.05) is 18.8 Å². The van der Waals surface area contributed by atoms with E-state index in [0.717, 1.165) is 32.1 Å². The summed E-state index contributed by atoms with van der Waals surface area (Å²) in [6.07, 6.45) is 5.07. The van der Waals surface area contributed by atoms with Gasteiger partial charge in [0.1, 0.15) is 5.78 Å². The van der Waals surface area contributed by atoms with E-state index in [9.17, 15) is 19.5 Å². The minimum absolute atomic E-state index is 0.0749. The average molecular weight is 346 g/mol. The minimum atomic E-state index is -0.522. The van der Waals surface area contributed by atoms with Crippen molar-refractivity contribution in [3.05, 3.63) is 0 Å². The fraction of sp³-hybridized carbons (Fsp3) is 0.857. The predicted molar refractivity (Wildman–Crippen MR) is 92.7 cm³/mol. The fourth-order valence-electron chi connectivity index (χ4n) is 7.68. The third kappa shape index (κ3) is 2.25. The van der Waals surface area contributed by atoms with Crippen LogP contribution in [0.2, 0.25) is 0 Å². The van der Waals surface area contributed by atoms with E-state index in [1.165, 1.54) is 0 Å². The molecule has 0 aliphatic heterocycles. The molecule has 4 rings (SSSR count). The van der Waals surface area contributed by atoms with Crippen molar-refractivity contribution in [2.75, 3.05) is 0 Å². The summed E-state index contributed by atoms with van der Waals surface area (Å²) in [4.78, 5) is 36.3. The third-order valence-electron chi connectivity index (χ3n) is 8.82. The molecule has 4 nitrogen and oxygen atoms in total. The van der Waals surface area contributed by atoms with Crippen molar-refractivity contribution in [3.8, 4) is 0 Å². The Bertz CT molecular complexity index is 640. The molecular formula is C21H30O4. The Hall–Kier alpha value is -1.03. The molecule has 0 amide bonds. The summed E-state index contributed by atoms with van der Waals surface area (Å²) < 4.78 is 0. The van der Waals surface area contributed by atoms with Gasteiger partial charge in [-0.05, 0) is 73.5 Å². The van der Waals surface area contributed by atoms with Gasteiger partial charge in [-0.2, -0.15) is 0 Å². The number of Topliss-reactive ketones (excluding diaryl/α,β-unsaturated/α-hetero) is 3. The Morgan fingerprint density at radius 3 is 2.44 bits per heavy atom. The van der Waals surface area contributed by atoms with Crippen molar-refractivity contribution in [2.24, 2.45) is 40.4 Å². The Labute approximate surface area is 149 Å². The van der Waals surface area contributed by atoms with Crippen LogP contribution >= 0.6 is 0 Å². The molecular weight excluding hydrogens is 316 g/mol. The van der Waals surface area contributed by atoms with E-state index in [2.05, 4.69) is 13.8 Å². The van der Waals surface area contributed by atoms with E-state index in [-0.39, 0.29) is 34.1 Å². The van der Waals surface area contributed by atoms with Crippen LogP contribution in [0.5, 0.6) is 0 Å². The Morgan fingerprint density at radius 2 is 1.76 bits per heavy atom. The maximum Gasteiger partial charge on any atom is 0.198 e. The predicted octanol–water partition coefficient (Wildman–Crippen LogP) is 2.95. The summed E-state index contributed by atoms with van der Waals surface area (Å²) in [6.45, 7) is 6.06. The summed E-state index contributed by atoms with van der Waals surface area (Å²) in [7, 11) is 0. The van der Waals surface area contributed by atoms with E-state index in [0.29, 0.717) is 36.5 Å². The first-order valence-corrected chi connectivity index (χ1v) is 9.93. The zero-order valence-electron chi connectivity index (χ0n) is 15.6. The van der Waals surface area contributed by atoms with Crippen molar-refractivity contribution >= 4 is 17.3 Å². The smallest absolute Gasteiger partial charge is 0.198 e. The van der Waals surface area contributed by atoms with Gasteiger partial charge in [-0.1, -0.05) is 13.8 Å². The molecule has 0 aromatic carbocycles.